The van der Waals surface area contributed by atoms with E-state index in [0.29, 0.717) is 6.10 Å². The average molecular weight is 210 g/mol. The first-order chi connectivity index (χ1) is 4.36. The van der Waals surface area contributed by atoms with Gasteiger partial charge in [-0.3, -0.25) is 0 Å². The minimum Gasteiger partial charge on any atom is -0.348 e. The van der Waals surface area contributed by atoms with Crippen LogP contribution >= 0.6 is 17.0 Å². The van der Waals surface area contributed by atoms with Crippen LogP contribution < -0.4 is 5.73 Å². The van der Waals surface area contributed by atoms with Gasteiger partial charge in [0.25, 0.3) is 0 Å². The first-order valence-electron chi connectivity index (χ1n) is 3.39. The summed E-state index contributed by atoms with van der Waals surface area (Å²) in [6.45, 7) is 0.748. The van der Waals surface area contributed by atoms with Crippen LogP contribution in [0.4, 0.5) is 0 Å². The topological polar surface area (TPSA) is 44.5 Å². The molecule has 0 saturated carbocycles. The van der Waals surface area contributed by atoms with Gasteiger partial charge in [-0.05, 0) is 12.8 Å². The van der Waals surface area contributed by atoms with E-state index in [9.17, 15) is 0 Å². The van der Waals surface area contributed by atoms with Crippen molar-refractivity contribution in [2.75, 3.05) is 6.61 Å². The molecular weight excluding hydrogens is 198 g/mol. The Morgan fingerprint density at radius 3 is 2.80 bits per heavy atom. The molecule has 0 amide bonds. The summed E-state index contributed by atoms with van der Waals surface area (Å²) in [7, 11) is 0. The van der Waals surface area contributed by atoms with Crippen LogP contribution in [0.5, 0.6) is 0 Å². The van der Waals surface area contributed by atoms with Gasteiger partial charge in [-0.1, -0.05) is 0 Å². The van der Waals surface area contributed by atoms with Gasteiger partial charge in [0, 0.05) is 0 Å². The summed E-state index contributed by atoms with van der Waals surface area (Å²) in [6, 6.07) is 0.115. The molecule has 0 unspecified atom stereocenters. The largest absolute Gasteiger partial charge is 0.348 e. The zero-order chi connectivity index (χ0) is 6.27. The van der Waals surface area contributed by atoms with E-state index in [2.05, 4.69) is 0 Å². The molecule has 2 bridgehead atoms. The fourth-order valence-corrected chi connectivity index (χ4v) is 1.36. The SMILES string of the molecule is Br.N[C@@H]1CC[C@H]2CO[C@@H]1O2. The zero-order valence-corrected chi connectivity index (χ0v) is 7.37. The second kappa shape index (κ2) is 3.17. The van der Waals surface area contributed by atoms with Gasteiger partial charge in [0.2, 0.25) is 0 Å². The highest BCUT2D eigenvalue weighted by Gasteiger charge is 2.35. The molecule has 0 spiro atoms. The molecule has 2 aliphatic rings. The molecule has 2 heterocycles. The predicted octanol–water partition coefficient (Wildman–Crippen LogP) is 0.427. The third kappa shape index (κ3) is 1.34. The third-order valence-electron chi connectivity index (χ3n) is 1.94. The van der Waals surface area contributed by atoms with Crippen molar-refractivity contribution in [2.45, 2.75) is 31.3 Å². The number of fused-ring (bicyclic) bond motifs is 2. The van der Waals surface area contributed by atoms with Crippen LogP contribution in [0.15, 0.2) is 0 Å². The normalized spacial score (nSPS) is 44.7. The van der Waals surface area contributed by atoms with E-state index < -0.39 is 0 Å². The summed E-state index contributed by atoms with van der Waals surface area (Å²) in [5.74, 6) is 0. The van der Waals surface area contributed by atoms with Crippen molar-refractivity contribution in [3.05, 3.63) is 0 Å². The van der Waals surface area contributed by atoms with Gasteiger partial charge in [-0.2, -0.15) is 0 Å². The molecule has 10 heavy (non-hydrogen) atoms. The Morgan fingerprint density at radius 1 is 1.30 bits per heavy atom. The van der Waals surface area contributed by atoms with Gasteiger partial charge < -0.3 is 15.2 Å². The van der Waals surface area contributed by atoms with Gasteiger partial charge >= 0.3 is 0 Å². The van der Waals surface area contributed by atoms with Crippen LogP contribution in [0.3, 0.4) is 0 Å². The first kappa shape index (κ1) is 8.46. The fourth-order valence-electron chi connectivity index (χ4n) is 1.36. The lowest BCUT2D eigenvalue weighted by Gasteiger charge is -2.23. The third-order valence-corrected chi connectivity index (χ3v) is 1.94. The molecule has 60 valence electrons. The van der Waals surface area contributed by atoms with Crippen LogP contribution in [-0.2, 0) is 9.47 Å². The fraction of sp³-hybridized carbons (Fsp3) is 1.00. The smallest absolute Gasteiger partial charge is 0.173 e. The second-order valence-corrected chi connectivity index (χ2v) is 2.70. The Hall–Kier alpha value is 0.360. The summed E-state index contributed by atoms with van der Waals surface area (Å²) >= 11 is 0. The monoisotopic (exact) mass is 209 g/mol. The van der Waals surface area contributed by atoms with E-state index in [-0.39, 0.29) is 29.3 Å². The molecule has 0 aromatic heterocycles. The Morgan fingerprint density at radius 2 is 2.10 bits per heavy atom. The van der Waals surface area contributed by atoms with Crippen LogP contribution in [0.2, 0.25) is 0 Å². The van der Waals surface area contributed by atoms with Crippen LogP contribution in [-0.4, -0.2) is 25.0 Å². The zero-order valence-electron chi connectivity index (χ0n) is 5.66. The highest BCUT2D eigenvalue weighted by atomic mass is 79.9. The molecule has 0 aliphatic carbocycles. The minimum absolute atomic E-state index is 0. The maximum absolute atomic E-state index is 5.67. The summed E-state index contributed by atoms with van der Waals surface area (Å²) in [5.41, 5.74) is 5.67. The van der Waals surface area contributed by atoms with Crippen LogP contribution in [0.1, 0.15) is 12.8 Å². The van der Waals surface area contributed by atoms with Crippen molar-refractivity contribution in [3.63, 3.8) is 0 Å². The molecule has 2 rings (SSSR count). The van der Waals surface area contributed by atoms with Crippen molar-refractivity contribution in [1.29, 1.82) is 0 Å². The standard InChI is InChI=1S/C6H11NO2.BrH/c7-5-2-1-4-3-8-6(5)9-4;/h4-6H,1-3,7H2;1H/t4-,5+,6+;/m0./s1. The molecule has 3 atom stereocenters. The van der Waals surface area contributed by atoms with E-state index in [4.69, 9.17) is 15.2 Å². The van der Waals surface area contributed by atoms with Crippen molar-refractivity contribution in [2.24, 2.45) is 5.73 Å². The Kier molecular flexibility index (Phi) is 2.68. The Bertz CT molecular complexity index is 122. The number of ether oxygens (including phenoxy) is 2. The minimum atomic E-state index is -0.0938. The van der Waals surface area contributed by atoms with Crippen LogP contribution in [0.25, 0.3) is 0 Å². The van der Waals surface area contributed by atoms with Gasteiger partial charge in [0.1, 0.15) is 0 Å². The van der Waals surface area contributed by atoms with Gasteiger partial charge in [0.15, 0.2) is 6.29 Å². The summed E-state index contributed by atoms with van der Waals surface area (Å²) in [6.07, 6.45) is 2.37. The van der Waals surface area contributed by atoms with Crippen molar-refractivity contribution in [3.8, 4) is 0 Å². The molecule has 0 aromatic rings. The molecule has 2 saturated heterocycles. The lowest BCUT2D eigenvalue weighted by molar-refractivity contribution is -0.0942. The van der Waals surface area contributed by atoms with Crippen molar-refractivity contribution >= 4 is 17.0 Å². The first-order valence-corrected chi connectivity index (χ1v) is 3.39. The highest BCUT2D eigenvalue weighted by molar-refractivity contribution is 8.93. The molecule has 2 fully saturated rings. The molecule has 0 radical (unpaired) electrons. The van der Waals surface area contributed by atoms with E-state index >= 15 is 0 Å². The molecule has 3 nitrogen and oxygen atoms in total. The lowest BCUT2D eigenvalue weighted by Crippen LogP contribution is -2.39. The number of halogens is 1. The summed E-state index contributed by atoms with van der Waals surface area (Å²) in [4.78, 5) is 0. The van der Waals surface area contributed by atoms with E-state index in [1.165, 1.54) is 0 Å². The van der Waals surface area contributed by atoms with Gasteiger partial charge in [-0.25, -0.2) is 0 Å². The number of nitrogens with two attached hydrogens (primary N) is 1. The maximum atomic E-state index is 5.67. The maximum Gasteiger partial charge on any atom is 0.173 e. The van der Waals surface area contributed by atoms with E-state index in [1.54, 1.807) is 0 Å². The highest BCUT2D eigenvalue weighted by Crippen LogP contribution is 2.25. The number of hydrogen-bond donors (Lipinski definition) is 1. The van der Waals surface area contributed by atoms with E-state index in [0.717, 1.165) is 19.4 Å². The van der Waals surface area contributed by atoms with Crippen molar-refractivity contribution in [1.82, 2.24) is 0 Å². The molecule has 2 aliphatic heterocycles. The summed E-state index contributed by atoms with van der Waals surface area (Å²) < 4.78 is 10.6. The van der Waals surface area contributed by atoms with Crippen LogP contribution in [0, 0.1) is 0 Å². The molecule has 4 heteroatoms. The van der Waals surface area contributed by atoms with Gasteiger partial charge in [-0.15, -0.1) is 17.0 Å². The number of rotatable bonds is 0. The average Bonchev–Trinajstić information content (AvgIpc) is 2.25. The predicted molar refractivity (Wildman–Crippen MR) is 42.1 cm³/mol. The van der Waals surface area contributed by atoms with Gasteiger partial charge in [0.05, 0.1) is 18.8 Å². The second-order valence-electron chi connectivity index (χ2n) is 2.70. The summed E-state index contributed by atoms with van der Waals surface area (Å²) in [5, 5.41) is 0. The van der Waals surface area contributed by atoms with Crippen molar-refractivity contribution < 1.29 is 9.47 Å². The molecule has 2 N–H and O–H groups in total. The number of hydrogen-bond acceptors (Lipinski definition) is 3. The Labute approximate surface area is 70.6 Å². The van der Waals surface area contributed by atoms with E-state index in [1.807, 2.05) is 0 Å². The Balaban J connectivity index is 0.000000500. The molecule has 0 aromatic carbocycles. The molecular formula is C6H12BrNO2. The quantitative estimate of drug-likeness (QED) is 0.630. The lowest BCUT2D eigenvalue weighted by atomic mass is 10.1.